The van der Waals surface area contributed by atoms with Gasteiger partial charge in [0, 0.05) is 10.8 Å². The van der Waals surface area contributed by atoms with E-state index < -0.39 is 0 Å². The highest BCUT2D eigenvalue weighted by Crippen LogP contribution is 2.51. The van der Waals surface area contributed by atoms with Crippen LogP contribution < -0.4 is 5.73 Å². The SMILES string of the molecule is CCC(C)(c1ccccc1)c1ccc2c(c1)C(C)(C)c1cc(-c3ccc(C)cc3)ccc1-2.CN. The monoisotopic (exact) mass is 447 g/mol. The molecule has 0 bridgehead atoms. The minimum atomic E-state index is -0.0211. The summed E-state index contributed by atoms with van der Waals surface area (Å²) in [5, 5.41) is 0. The molecule has 1 aliphatic carbocycles. The Morgan fingerprint density at radius 1 is 0.676 bits per heavy atom. The summed E-state index contributed by atoms with van der Waals surface area (Å²) >= 11 is 0. The lowest BCUT2D eigenvalue weighted by Gasteiger charge is -2.31. The normalized spacial score (nSPS) is 14.9. The molecule has 5 rings (SSSR count). The molecule has 1 heteroatoms. The number of nitrogens with two attached hydrogens (primary N) is 1. The Bertz CT molecular complexity index is 1280. The molecule has 174 valence electrons. The van der Waals surface area contributed by atoms with Crippen molar-refractivity contribution in [3.63, 3.8) is 0 Å². The van der Waals surface area contributed by atoms with E-state index in [2.05, 4.69) is 131 Å². The third kappa shape index (κ3) is 3.89. The molecule has 2 N–H and O–H groups in total. The Labute approximate surface area is 205 Å². The van der Waals surface area contributed by atoms with Gasteiger partial charge in [-0.2, -0.15) is 0 Å². The summed E-state index contributed by atoms with van der Waals surface area (Å²) in [6.45, 7) is 11.6. The number of fused-ring (bicyclic) bond motifs is 3. The predicted molar refractivity (Wildman–Crippen MR) is 147 cm³/mol. The van der Waals surface area contributed by atoms with Crippen molar-refractivity contribution in [2.45, 2.75) is 51.9 Å². The molecule has 1 aliphatic rings. The first-order chi connectivity index (χ1) is 16.3. The first-order valence-corrected chi connectivity index (χ1v) is 12.3. The van der Waals surface area contributed by atoms with Crippen molar-refractivity contribution < 1.29 is 0 Å². The van der Waals surface area contributed by atoms with E-state index in [1.807, 2.05) is 0 Å². The van der Waals surface area contributed by atoms with Gasteiger partial charge in [0.05, 0.1) is 0 Å². The third-order valence-corrected chi connectivity index (χ3v) is 7.82. The Kier molecular flexibility index (Phi) is 6.51. The van der Waals surface area contributed by atoms with E-state index in [-0.39, 0.29) is 10.8 Å². The van der Waals surface area contributed by atoms with Crippen LogP contribution in [0.5, 0.6) is 0 Å². The van der Waals surface area contributed by atoms with E-state index in [4.69, 9.17) is 0 Å². The van der Waals surface area contributed by atoms with Crippen molar-refractivity contribution in [2.24, 2.45) is 5.73 Å². The van der Waals surface area contributed by atoms with E-state index in [9.17, 15) is 0 Å². The van der Waals surface area contributed by atoms with E-state index in [1.54, 1.807) is 0 Å². The summed E-state index contributed by atoms with van der Waals surface area (Å²) in [4.78, 5) is 0. The van der Waals surface area contributed by atoms with Gasteiger partial charge in [-0.3, -0.25) is 0 Å². The van der Waals surface area contributed by atoms with Crippen LogP contribution >= 0.6 is 0 Å². The fourth-order valence-corrected chi connectivity index (χ4v) is 5.39. The standard InChI is InChI=1S/C32H32.CH5N/c1-6-32(5,25-10-8-7-9-11-25)26-17-19-28-27-18-16-24(23-14-12-22(2)13-15-23)20-29(27)31(3,4)30(28)21-26;1-2/h7-21H,6H2,1-5H3;2H2,1H3. The van der Waals surface area contributed by atoms with Gasteiger partial charge in [-0.15, -0.1) is 0 Å². The first-order valence-electron chi connectivity index (χ1n) is 12.3. The van der Waals surface area contributed by atoms with Crippen LogP contribution in [0.15, 0.2) is 91.0 Å². The van der Waals surface area contributed by atoms with Crippen molar-refractivity contribution in [2.75, 3.05) is 7.05 Å². The molecule has 4 aromatic carbocycles. The van der Waals surface area contributed by atoms with Crippen molar-refractivity contribution in [3.05, 3.63) is 119 Å². The molecule has 0 spiro atoms. The van der Waals surface area contributed by atoms with E-state index >= 15 is 0 Å². The summed E-state index contributed by atoms with van der Waals surface area (Å²) in [5.41, 5.74) is 16.8. The topological polar surface area (TPSA) is 26.0 Å². The Hall–Kier alpha value is -3.16. The molecule has 0 amide bonds. The minimum Gasteiger partial charge on any atom is -0.333 e. The van der Waals surface area contributed by atoms with E-state index in [0.29, 0.717) is 0 Å². The van der Waals surface area contributed by atoms with Crippen molar-refractivity contribution in [1.82, 2.24) is 0 Å². The second-order valence-electron chi connectivity index (χ2n) is 10.1. The Morgan fingerprint density at radius 2 is 1.24 bits per heavy atom. The lowest BCUT2D eigenvalue weighted by molar-refractivity contribution is 0.547. The average molecular weight is 448 g/mol. The molecule has 34 heavy (non-hydrogen) atoms. The molecule has 0 radical (unpaired) electrons. The molecule has 1 atom stereocenters. The van der Waals surface area contributed by atoms with Crippen molar-refractivity contribution in [3.8, 4) is 22.3 Å². The molecular weight excluding hydrogens is 410 g/mol. The second kappa shape index (κ2) is 9.24. The molecule has 0 fully saturated rings. The van der Waals surface area contributed by atoms with Crippen molar-refractivity contribution in [1.29, 1.82) is 0 Å². The number of hydrogen-bond donors (Lipinski definition) is 1. The molecule has 4 aromatic rings. The number of aryl methyl sites for hydroxylation is 1. The van der Waals surface area contributed by atoms with Crippen LogP contribution in [0, 0.1) is 6.92 Å². The van der Waals surface area contributed by atoms with Crippen LogP contribution in [0.4, 0.5) is 0 Å². The van der Waals surface area contributed by atoms with Gasteiger partial charge in [0.2, 0.25) is 0 Å². The third-order valence-electron chi connectivity index (χ3n) is 7.82. The molecule has 0 saturated heterocycles. The summed E-state index contributed by atoms with van der Waals surface area (Å²) < 4.78 is 0. The molecular formula is C33H37N. The zero-order chi connectivity index (χ0) is 24.5. The average Bonchev–Trinajstić information content (AvgIpc) is 3.11. The zero-order valence-corrected chi connectivity index (χ0v) is 21.4. The van der Waals surface area contributed by atoms with Crippen LogP contribution in [-0.2, 0) is 10.8 Å². The van der Waals surface area contributed by atoms with Gasteiger partial charge in [0.25, 0.3) is 0 Å². The highest BCUT2D eigenvalue weighted by molar-refractivity contribution is 5.84. The molecule has 1 unspecified atom stereocenters. The number of benzene rings is 4. The number of hydrogen-bond acceptors (Lipinski definition) is 1. The molecule has 1 nitrogen and oxygen atoms in total. The summed E-state index contributed by atoms with van der Waals surface area (Å²) in [6.07, 6.45) is 1.07. The summed E-state index contributed by atoms with van der Waals surface area (Å²) in [5.74, 6) is 0. The van der Waals surface area contributed by atoms with Gasteiger partial charge >= 0.3 is 0 Å². The van der Waals surface area contributed by atoms with Crippen LogP contribution in [0.1, 0.15) is 61.9 Å². The first kappa shape index (κ1) is 24.0. The van der Waals surface area contributed by atoms with Crippen LogP contribution in [0.2, 0.25) is 0 Å². The van der Waals surface area contributed by atoms with Crippen LogP contribution in [0.3, 0.4) is 0 Å². The van der Waals surface area contributed by atoms with Gasteiger partial charge in [0.1, 0.15) is 0 Å². The quantitative estimate of drug-likeness (QED) is 0.335. The van der Waals surface area contributed by atoms with E-state index in [0.717, 1.165) is 6.42 Å². The minimum absolute atomic E-state index is 0.00814. The van der Waals surface area contributed by atoms with Crippen LogP contribution in [0.25, 0.3) is 22.3 Å². The maximum absolute atomic E-state index is 4.50. The maximum Gasteiger partial charge on any atom is 0.0172 e. The Balaban J connectivity index is 0.00000133. The summed E-state index contributed by atoms with van der Waals surface area (Å²) in [6, 6.07) is 34.0. The molecule has 0 saturated carbocycles. The second-order valence-corrected chi connectivity index (χ2v) is 10.1. The van der Waals surface area contributed by atoms with E-state index in [1.165, 1.54) is 57.1 Å². The lowest BCUT2D eigenvalue weighted by Crippen LogP contribution is -2.24. The highest BCUT2D eigenvalue weighted by atomic mass is 14.4. The largest absolute Gasteiger partial charge is 0.333 e. The van der Waals surface area contributed by atoms with Gasteiger partial charge in [0.15, 0.2) is 0 Å². The molecule has 0 aliphatic heterocycles. The van der Waals surface area contributed by atoms with Gasteiger partial charge in [-0.05, 0) is 71.0 Å². The molecule has 0 aromatic heterocycles. The van der Waals surface area contributed by atoms with Crippen molar-refractivity contribution >= 4 is 0 Å². The zero-order valence-electron chi connectivity index (χ0n) is 21.4. The fraction of sp³-hybridized carbons (Fsp3) is 0.273. The number of rotatable bonds is 4. The van der Waals surface area contributed by atoms with Crippen LogP contribution in [-0.4, -0.2) is 7.05 Å². The smallest absolute Gasteiger partial charge is 0.0172 e. The fourth-order valence-electron chi connectivity index (χ4n) is 5.39. The highest BCUT2D eigenvalue weighted by Gasteiger charge is 2.37. The summed E-state index contributed by atoms with van der Waals surface area (Å²) in [7, 11) is 1.50. The van der Waals surface area contributed by atoms with Gasteiger partial charge < -0.3 is 5.73 Å². The van der Waals surface area contributed by atoms with Gasteiger partial charge in [-0.25, -0.2) is 0 Å². The maximum atomic E-state index is 4.50. The van der Waals surface area contributed by atoms with Gasteiger partial charge in [-0.1, -0.05) is 118 Å². The molecule has 0 heterocycles. The predicted octanol–water partition coefficient (Wildman–Crippen LogP) is 8.26. The Morgan fingerprint density at radius 3 is 1.85 bits per heavy atom. The lowest BCUT2D eigenvalue weighted by atomic mass is 9.72.